The van der Waals surface area contributed by atoms with Crippen molar-refractivity contribution in [3.05, 3.63) is 39.2 Å². The first-order valence-corrected chi connectivity index (χ1v) is 3.49. The molecule has 0 aromatic heterocycles. The number of hydrogen-bond donors (Lipinski definition) is 0. The van der Waals surface area contributed by atoms with Crippen LogP contribution in [0.2, 0.25) is 0 Å². The Morgan fingerprint density at radius 2 is 1.93 bits per heavy atom. The first-order valence-electron chi connectivity index (χ1n) is 3.49. The number of halogens is 1. The zero-order valence-corrected chi connectivity index (χ0v) is 6.77. The fourth-order valence-electron chi connectivity index (χ4n) is 0.960. The molecule has 1 rings (SSSR count). The normalized spacial score (nSPS) is 9.50. The molecule has 0 fully saturated rings. The second-order valence-electron chi connectivity index (χ2n) is 2.39. The van der Waals surface area contributed by atoms with E-state index in [0.29, 0.717) is 0 Å². The van der Waals surface area contributed by atoms with Crippen molar-refractivity contribution in [1.29, 1.82) is 0 Å². The van der Waals surface area contributed by atoms with E-state index in [-0.39, 0.29) is 18.1 Å². The van der Waals surface area contributed by atoms with E-state index in [1.54, 1.807) is 0 Å². The predicted molar refractivity (Wildman–Crippen MR) is 43.8 cm³/mol. The first kappa shape index (κ1) is 9.97. The van der Waals surface area contributed by atoms with E-state index in [1.807, 2.05) is 0 Å². The highest BCUT2D eigenvalue weighted by Crippen LogP contribution is 2.21. The number of carbonyl (C=O) groups is 2. The molecule has 6 heteroatoms. The van der Waals surface area contributed by atoms with Crippen LogP contribution in [0.4, 0.5) is 10.1 Å². The number of hydrogen-bond acceptors (Lipinski definition) is 4. The second kappa shape index (κ2) is 3.73. The first-order chi connectivity index (χ1) is 6.61. The van der Waals surface area contributed by atoms with Crippen LogP contribution in [0.3, 0.4) is 0 Å². The maximum atomic E-state index is 13.1. The van der Waals surface area contributed by atoms with Gasteiger partial charge < -0.3 is 0 Å². The molecule has 0 saturated carbocycles. The van der Waals surface area contributed by atoms with Gasteiger partial charge in [0.05, 0.1) is 10.5 Å². The lowest BCUT2D eigenvalue weighted by Crippen LogP contribution is -2.00. The Labute approximate surface area is 77.3 Å². The van der Waals surface area contributed by atoms with Crippen LogP contribution < -0.4 is 0 Å². The van der Waals surface area contributed by atoms with Gasteiger partial charge in [0.2, 0.25) is 5.82 Å². The lowest BCUT2D eigenvalue weighted by Gasteiger charge is -1.98. The van der Waals surface area contributed by atoms with Gasteiger partial charge in [0, 0.05) is 11.6 Å². The molecule has 5 nitrogen and oxygen atoms in total. The molecule has 0 amide bonds. The summed E-state index contributed by atoms with van der Waals surface area (Å²) in [5, 5.41) is 10.3. The molecule has 1 aromatic carbocycles. The van der Waals surface area contributed by atoms with Gasteiger partial charge >= 0.3 is 5.69 Å². The minimum atomic E-state index is -1.28. The van der Waals surface area contributed by atoms with Crippen LogP contribution in [0, 0.1) is 15.9 Å². The van der Waals surface area contributed by atoms with Gasteiger partial charge in [-0.1, -0.05) is 0 Å². The van der Waals surface area contributed by atoms with Crippen molar-refractivity contribution in [3.8, 4) is 0 Å². The second-order valence-corrected chi connectivity index (χ2v) is 2.39. The summed E-state index contributed by atoms with van der Waals surface area (Å²) in [5.74, 6) is -1.28. The molecule has 0 aliphatic carbocycles. The van der Waals surface area contributed by atoms with E-state index in [0.717, 1.165) is 12.1 Å². The average molecular weight is 197 g/mol. The molecule has 72 valence electrons. The minimum absolute atomic E-state index is 0.0755. The van der Waals surface area contributed by atoms with E-state index >= 15 is 0 Å². The van der Waals surface area contributed by atoms with Gasteiger partial charge in [-0.15, -0.1) is 0 Å². The summed E-state index contributed by atoms with van der Waals surface area (Å²) in [6.07, 6.45) is 0.336. The third kappa shape index (κ3) is 1.49. The van der Waals surface area contributed by atoms with Gasteiger partial charge in [-0.2, -0.15) is 4.39 Å². The van der Waals surface area contributed by atoms with Crippen molar-refractivity contribution in [3.63, 3.8) is 0 Å². The number of nitrogens with zero attached hydrogens (tertiary/aromatic N) is 1. The van der Waals surface area contributed by atoms with Gasteiger partial charge in [0.25, 0.3) is 0 Å². The number of nitro groups is 1. The SMILES string of the molecule is O=Cc1ccc([N+](=O)[O-])c(F)c1C=O. The number of aldehydes is 2. The highest BCUT2D eigenvalue weighted by Gasteiger charge is 2.20. The van der Waals surface area contributed by atoms with Crippen molar-refractivity contribution in [2.24, 2.45) is 0 Å². The predicted octanol–water partition coefficient (Wildman–Crippen LogP) is 1.36. The van der Waals surface area contributed by atoms with Crippen molar-refractivity contribution >= 4 is 18.3 Å². The molecule has 0 heterocycles. The van der Waals surface area contributed by atoms with Crippen LogP contribution in [0.5, 0.6) is 0 Å². The molecular formula is C8H4FNO4. The van der Waals surface area contributed by atoms with Gasteiger partial charge in [-0.25, -0.2) is 0 Å². The zero-order chi connectivity index (χ0) is 10.7. The fraction of sp³-hybridized carbons (Fsp3) is 0. The summed E-state index contributed by atoms with van der Waals surface area (Å²) in [5.41, 5.74) is -1.62. The van der Waals surface area contributed by atoms with Crippen LogP contribution in [-0.2, 0) is 0 Å². The Balaban J connectivity index is 3.49. The lowest BCUT2D eigenvalue weighted by atomic mass is 10.1. The number of carbonyl (C=O) groups excluding carboxylic acids is 2. The number of nitro benzene ring substituents is 1. The van der Waals surface area contributed by atoms with Crippen molar-refractivity contribution in [2.45, 2.75) is 0 Å². The molecule has 0 aliphatic heterocycles. The van der Waals surface area contributed by atoms with Gasteiger partial charge in [-0.05, 0) is 6.07 Å². The molecule has 0 N–H and O–H groups in total. The Morgan fingerprint density at radius 1 is 1.29 bits per heavy atom. The van der Waals surface area contributed by atoms with E-state index < -0.39 is 22.0 Å². The largest absolute Gasteiger partial charge is 0.305 e. The Bertz CT molecular complexity index is 416. The highest BCUT2D eigenvalue weighted by molar-refractivity contribution is 5.91. The minimum Gasteiger partial charge on any atom is -0.298 e. The van der Waals surface area contributed by atoms with E-state index in [1.165, 1.54) is 0 Å². The monoisotopic (exact) mass is 197 g/mol. The van der Waals surface area contributed by atoms with Crippen LogP contribution in [0.25, 0.3) is 0 Å². The Hall–Kier alpha value is -2.11. The van der Waals surface area contributed by atoms with Crippen LogP contribution >= 0.6 is 0 Å². The summed E-state index contributed by atoms with van der Waals surface area (Å²) < 4.78 is 13.1. The van der Waals surface area contributed by atoms with Gasteiger partial charge in [0.1, 0.15) is 0 Å². The molecular weight excluding hydrogens is 193 g/mol. The topological polar surface area (TPSA) is 77.3 Å². The zero-order valence-electron chi connectivity index (χ0n) is 6.77. The van der Waals surface area contributed by atoms with Crippen LogP contribution in [0.1, 0.15) is 20.7 Å². The molecule has 0 unspecified atom stereocenters. The molecule has 0 bridgehead atoms. The smallest absolute Gasteiger partial charge is 0.298 e. The summed E-state index contributed by atoms with van der Waals surface area (Å²) in [4.78, 5) is 30.0. The quantitative estimate of drug-likeness (QED) is 0.416. The molecule has 1 aromatic rings. The summed E-state index contributed by atoms with van der Waals surface area (Å²) in [7, 11) is 0. The third-order valence-electron chi connectivity index (χ3n) is 1.63. The average Bonchev–Trinajstić information content (AvgIpc) is 2.16. The number of rotatable bonds is 3. The molecule has 0 saturated heterocycles. The lowest BCUT2D eigenvalue weighted by molar-refractivity contribution is -0.387. The molecule has 0 radical (unpaired) electrons. The van der Waals surface area contributed by atoms with Crippen molar-refractivity contribution in [2.75, 3.05) is 0 Å². The van der Waals surface area contributed by atoms with Crippen molar-refractivity contribution < 1.29 is 18.9 Å². The third-order valence-corrected chi connectivity index (χ3v) is 1.63. The summed E-state index contributed by atoms with van der Waals surface area (Å²) >= 11 is 0. The summed E-state index contributed by atoms with van der Waals surface area (Å²) in [6.45, 7) is 0. The van der Waals surface area contributed by atoms with Crippen molar-refractivity contribution in [1.82, 2.24) is 0 Å². The highest BCUT2D eigenvalue weighted by atomic mass is 19.1. The molecule has 0 atom stereocenters. The van der Waals surface area contributed by atoms with E-state index in [4.69, 9.17) is 0 Å². The van der Waals surface area contributed by atoms with Crippen LogP contribution in [-0.4, -0.2) is 17.5 Å². The van der Waals surface area contributed by atoms with E-state index in [2.05, 4.69) is 0 Å². The molecule has 0 spiro atoms. The molecule has 14 heavy (non-hydrogen) atoms. The fourth-order valence-corrected chi connectivity index (χ4v) is 0.960. The van der Waals surface area contributed by atoms with Crippen LogP contribution in [0.15, 0.2) is 12.1 Å². The van der Waals surface area contributed by atoms with Gasteiger partial charge in [-0.3, -0.25) is 19.7 Å². The van der Waals surface area contributed by atoms with E-state index in [9.17, 15) is 24.1 Å². The standard InChI is InChI=1S/C8H4FNO4/c9-8-6(4-12)5(3-11)1-2-7(8)10(13)14/h1-4H. The molecule has 0 aliphatic rings. The Morgan fingerprint density at radius 3 is 2.36 bits per heavy atom. The Kier molecular flexibility index (Phi) is 2.66. The number of benzene rings is 1. The maximum absolute atomic E-state index is 13.1. The van der Waals surface area contributed by atoms with Gasteiger partial charge in [0.15, 0.2) is 12.6 Å². The maximum Gasteiger partial charge on any atom is 0.305 e. The summed E-state index contributed by atoms with van der Waals surface area (Å²) in [6, 6.07) is 1.87.